The van der Waals surface area contributed by atoms with Gasteiger partial charge in [0.1, 0.15) is 5.82 Å². The fourth-order valence-electron chi connectivity index (χ4n) is 0.939. The van der Waals surface area contributed by atoms with E-state index < -0.39 is 11.9 Å². The van der Waals surface area contributed by atoms with Crippen LogP contribution in [-0.2, 0) is 4.74 Å². The molecule has 0 heterocycles. The number of nitrogens with zero attached hydrogens (tertiary/aromatic N) is 1. The fourth-order valence-corrected chi connectivity index (χ4v) is 1.13. The molecule has 0 radical (unpaired) electrons. The van der Waals surface area contributed by atoms with E-state index in [0.717, 1.165) is 0 Å². The third-order valence-electron chi connectivity index (χ3n) is 1.60. The van der Waals surface area contributed by atoms with Gasteiger partial charge in [0, 0.05) is 7.11 Å². The molecule has 1 rings (SSSR count). The molecule has 0 N–H and O–H groups in total. The van der Waals surface area contributed by atoms with Crippen LogP contribution in [0, 0.1) is 17.1 Å². The number of methoxy groups -OCH3 is 1. The Labute approximate surface area is 80.5 Å². The van der Waals surface area contributed by atoms with Crippen molar-refractivity contribution in [1.29, 1.82) is 5.26 Å². The quantitative estimate of drug-likeness (QED) is 0.734. The van der Waals surface area contributed by atoms with Gasteiger partial charge in [-0.25, -0.2) is 4.39 Å². The van der Waals surface area contributed by atoms with Crippen LogP contribution in [-0.4, -0.2) is 7.11 Å². The van der Waals surface area contributed by atoms with Crippen molar-refractivity contribution in [2.24, 2.45) is 0 Å². The smallest absolute Gasteiger partial charge is 0.168 e. The van der Waals surface area contributed by atoms with Crippen molar-refractivity contribution in [3.63, 3.8) is 0 Å². The van der Waals surface area contributed by atoms with Crippen molar-refractivity contribution < 1.29 is 9.13 Å². The maximum absolute atomic E-state index is 12.7. The van der Waals surface area contributed by atoms with Crippen LogP contribution in [0.3, 0.4) is 0 Å². The topological polar surface area (TPSA) is 33.0 Å². The second-order valence-corrected chi connectivity index (χ2v) is 2.83. The van der Waals surface area contributed by atoms with Crippen molar-refractivity contribution in [2.45, 2.75) is 6.10 Å². The Bertz CT molecular complexity index is 348. The number of hydrogen-bond acceptors (Lipinski definition) is 2. The minimum Gasteiger partial charge on any atom is -0.362 e. The number of halogens is 2. The molecule has 0 saturated heterocycles. The molecule has 0 aliphatic heterocycles. The number of ether oxygens (including phenoxy) is 1. The Morgan fingerprint density at radius 2 is 2.31 bits per heavy atom. The normalized spacial score (nSPS) is 12.2. The van der Waals surface area contributed by atoms with Gasteiger partial charge in [-0.05, 0) is 17.7 Å². The lowest BCUT2D eigenvalue weighted by Gasteiger charge is -2.07. The Kier molecular flexibility index (Phi) is 3.24. The van der Waals surface area contributed by atoms with Crippen LogP contribution in [0.25, 0.3) is 0 Å². The van der Waals surface area contributed by atoms with Gasteiger partial charge in [0.05, 0.1) is 11.1 Å². The standard InChI is InChI=1S/C9H7ClFNO/c1-13-9(5-12)6-2-3-8(11)7(10)4-6/h2-4,9H,1H3. The molecule has 4 heteroatoms. The van der Waals surface area contributed by atoms with Gasteiger partial charge in [-0.1, -0.05) is 17.7 Å². The van der Waals surface area contributed by atoms with Gasteiger partial charge in [-0.3, -0.25) is 0 Å². The third-order valence-corrected chi connectivity index (χ3v) is 1.89. The van der Waals surface area contributed by atoms with Crippen LogP contribution in [0.5, 0.6) is 0 Å². The SMILES string of the molecule is COC(C#N)c1ccc(F)c(Cl)c1. The zero-order valence-corrected chi connectivity index (χ0v) is 7.68. The Morgan fingerprint density at radius 3 is 2.77 bits per heavy atom. The van der Waals surface area contributed by atoms with Crippen LogP contribution in [0.4, 0.5) is 4.39 Å². The van der Waals surface area contributed by atoms with Crippen LogP contribution < -0.4 is 0 Å². The molecule has 1 aromatic carbocycles. The monoisotopic (exact) mass is 199 g/mol. The molecule has 2 nitrogen and oxygen atoms in total. The molecule has 0 saturated carbocycles. The van der Waals surface area contributed by atoms with Crippen molar-refractivity contribution in [3.8, 4) is 6.07 Å². The van der Waals surface area contributed by atoms with E-state index in [9.17, 15) is 4.39 Å². The summed E-state index contributed by atoms with van der Waals surface area (Å²) in [4.78, 5) is 0. The lowest BCUT2D eigenvalue weighted by atomic mass is 10.1. The largest absolute Gasteiger partial charge is 0.362 e. The summed E-state index contributed by atoms with van der Waals surface area (Å²) in [6, 6.07) is 5.97. The number of hydrogen-bond donors (Lipinski definition) is 0. The molecule has 0 aromatic heterocycles. The first-order chi connectivity index (χ1) is 6.19. The fraction of sp³-hybridized carbons (Fsp3) is 0.222. The summed E-state index contributed by atoms with van der Waals surface area (Å²) in [5, 5.41) is 8.62. The highest BCUT2D eigenvalue weighted by Gasteiger charge is 2.10. The zero-order chi connectivity index (χ0) is 9.84. The van der Waals surface area contributed by atoms with Gasteiger partial charge < -0.3 is 4.74 Å². The molecular weight excluding hydrogens is 193 g/mol. The molecular formula is C9H7ClFNO. The summed E-state index contributed by atoms with van der Waals surface area (Å²) in [5.41, 5.74) is 0.552. The van der Waals surface area contributed by atoms with E-state index in [4.69, 9.17) is 21.6 Å². The summed E-state index contributed by atoms with van der Waals surface area (Å²) < 4.78 is 17.6. The molecule has 1 aromatic rings. The van der Waals surface area contributed by atoms with Crippen molar-refractivity contribution >= 4 is 11.6 Å². The Hall–Kier alpha value is -1.11. The summed E-state index contributed by atoms with van der Waals surface area (Å²) in [5.74, 6) is -0.502. The molecule has 1 atom stereocenters. The van der Waals surface area contributed by atoms with E-state index in [2.05, 4.69) is 0 Å². The molecule has 0 aliphatic carbocycles. The maximum Gasteiger partial charge on any atom is 0.168 e. The average molecular weight is 200 g/mol. The van der Waals surface area contributed by atoms with E-state index in [0.29, 0.717) is 5.56 Å². The van der Waals surface area contributed by atoms with Gasteiger partial charge in [0.15, 0.2) is 6.10 Å². The average Bonchev–Trinajstić information content (AvgIpc) is 2.13. The van der Waals surface area contributed by atoms with Gasteiger partial charge >= 0.3 is 0 Å². The Morgan fingerprint density at radius 1 is 1.62 bits per heavy atom. The predicted octanol–water partition coefficient (Wildman–Crippen LogP) is 2.69. The second-order valence-electron chi connectivity index (χ2n) is 2.42. The molecule has 0 spiro atoms. The Balaban J connectivity index is 3.04. The van der Waals surface area contributed by atoms with E-state index in [1.54, 1.807) is 0 Å². The molecule has 68 valence electrons. The van der Waals surface area contributed by atoms with E-state index >= 15 is 0 Å². The molecule has 13 heavy (non-hydrogen) atoms. The summed E-state index contributed by atoms with van der Waals surface area (Å²) in [6.45, 7) is 0. The highest BCUT2D eigenvalue weighted by Crippen LogP contribution is 2.22. The first-order valence-electron chi connectivity index (χ1n) is 3.56. The van der Waals surface area contributed by atoms with E-state index in [1.165, 1.54) is 25.3 Å². The molecule has 0 fully saturated rings. The summed E-state index contributed by atoms with van der Waals surface area (Å²) in [6.07, 6.45) is -0.696. The van der Waals surface area contributed by atoms with Gasteiger partial charge in [-0.2, -0.15) is 5.26 Å². The number of rotatable bonds is 2. The zero-order valence-electron chi connectivity index (χ0n) is 6.92. The summed E-state index contributed by atoms with van der Waals surface area (Å²) in [7, 11) is 1.41. The second kappa shape index (κ2) is 4.22. The lowest BCUT2D eigenvalue weighted by Crippen LogP contribution is -1.98. The highest BCUT2D eigenvalue weighted by molar-refractivity contribution is 6.30. The lowest BCUT2D eigenvalue weighted by molar-refractivity contribution is 0.148. The first-order valence-corrected chi connectivity index (χ1v) is 3.94. The van der Waals surface area contributed by atoms with Crippen molar-refractivity contribution in [2.75, 3.05) is 7.11 Å². The van der Waals surface area contributed by atoms with Crippen LogP contribution in [0.2, 0.25) is 5.02 Å². The third kappa shape index (κ3) is 2.18. The molecule has 1 unspecified atom stereocenters. The van der Waals surface area contributed by atoms with Crippen LogP contribution >= 0.6 is 11.6 Å². The highest BCUT2D eigenvalue weighted by atomic mass is 35.5. The minimum atomic E-state index is -0.696. The number of nitriles is 1. The maximum atomic E-state index is 12.7. The van der Waals surface area contributed by atoms with Crippen molar-refractivity contribution in [1.82, 2.24) is 0 Å². The van der Waals surface area contributed by atoms with Crippen LogP contribution in [0.15, 0.2) is 18.2 Å². The van der Waals surface area contributed by atoms with Crippen LogP contribution in [0.1, 0.15) is 11.7 Å². The molecule has 0 aliphatic rings. The summed E-state index contributed by atoms with van der Waals surface area (Å²) >= 11 is 5.53. The van der Waals surface area contributed by atoms with E-state index in [-0.39, 0.29) is 5.02 Å². The van der Waals surface area contributed by atoms with Gasteiger partial charge in [0.25, 0.3) is 0 Å². The number of benzene rings is 1. The van der Waals surface area contributed by atoms with E-state index in [1.807, 2.05) is 6.07 Å². The molecule has 0 amide bonds. The molecule has 0 bridgehead atoms. The van der Waals surface area contributed by atoms with Gasteiger partial charge in [0.2, 0.25) is 0 Å². The minimum absolute atomic E-state index is 0.00481. The van der Waals surface area contributed by atoms with Crippen molar-refractivity contribution in [3.05, 3.63) is 34.6 Å². The predicted molar refractivity (Wildman–Crippen MR) is 46.8 cm³/mol. The first kappa shape index (κ1) is 9.97. The van der Waals surface area contributed by atoms with Gasteiger partial charge in [-0.15, -0.1) is 0 Å².